The third-order valence-electron chi connectivity index (χ3n) is 4.17. The predicted molar refractivity (Wildman–Crippen MR) is 107 cm³/mol. The van der Waals surface area contributed by atoms with Gasteiger partial charge in [-0.3, -0.25) is 9.59 Å². The van der Waals surface area contributed by atoms with Gasteiger partial charge in [0.15, 0.2) is 5.13 Å². The van der Waals surface area contributed by atoms with Crippen LogP contribution in [0.1, 0.15) is 24.2 Å². The van der Waals surface area contributed by atoms with Crippen LogP contribution in [0.2, 0.25) is 0 Å². The average Bonchev–Trinajstić information content (AvgIpc) is 3.07. The number of anilines is 1. The number of fused-ring (bicyclic) bond motifs is 1. The molecule has 0 aliphatic rings. The molecule has 146 valence electrons. The Labute approximate surface area is 165 Å². The van der Waals surface area contributed by atoms with Crippen LogP contribution in [0.15, 0.2) is 42.5 Å². The van der Waals surface area contributed by atoms with Crippen molar-refractivity contribution < 1.29 is 18.7 Å². The van der Waals surface area contributed by atoms with Crippen LogP contribution < -0.4 is 15.4 Å². The number of thiazole rings is 1. The third kappa shape index (κ3) is 4.45. The van der Waals surface area contributed by atoms with Gasteiger partial charge in [-0.15, -0.1) is 0 Å². The minimum atomic E-state index is -0.765. The fraction of sp³-hybridized carbons (Fsp3) is 0.250. The van der Waals surface area contributed by atoms with Crippen molar-refractivity contribution in [3.63, 3.8) is 0 Å². The van der Waals surface area contributed by atoms with Gasteiger partial charge in [0, 0.05) is 5.56 Å². The van der Waals surface area contributed by atoms with Crippen LogP contribution in [0.25, 0.3) is 10.2 Å². The number of benzene rings is 2. The lowest BCUT2D eigenvalue weighted by molar-refractivity contribution is -0.118. The monoisotopic (exact) mass is 401 g/mol. The Morgan fingerprint density at radius 2 is 1.86 bits per heavy atom. The van der Waals surface area contributed by atoms with Crippen molar-refractivity contribution in [2.45, 2.75) is 19.9 Å². The summed E-state index contributed by atoms with van der Waals surface area (Å²) in [7, 11) is 1.59. The van der Waals surface area contributed by atoms with E-state index in [4.69, 9.17) is 4.74 Å². The summed E-state index contributed by atoms with van der Waals surface area (Å²) in [6.07, 6.45) is 0. The second-order valence-electron chi connectivity index (χ2n) is 6.54. The lowest BCUT2D eigenvalue weighted by Crippen LogP contribution is -2.47. The highest BCUT2D eigenvalue weighted by Crippen LogP contribution is 2.29. The van der Waals surface area contributed by atoms with Gasteiger partial charge in [-0.05, 0) is 48.4 Å². The number of amides is 2. The fourth-order valence-corrected chi connectivity index (χ4v) is 3.53. The molecule has 0 bridgehead atoms. The normalized spacial score (nSPS) is 12.0. The van der Waals surface area contributed by atoms with Crippen molar-refractivity contribution in [3.05, 3.63) is 53.8 Å². The van der Waals surface area contributed by atoms with Crippen molar-refractivity contribution in [2.24, 2.45) is 5.92 Å². The van der Waals surface area contributed by atoms with E-state index >= 15 is 0 Å². The molecular formula is C20H20FN3O3S. The SMILES string of the molecule is COc1ccc2nc(NC(=O)[C@@H](NC(=O)c3ccc(F)cc3)C(C)C)sc2c1. The molecule has 6 nitrogen and oxygen atoms in total. The van der Waals surface area contributed by atoms with E-state index in [-0.39, 0.29) is 17.4 Å². The third-order valence-corrected chi connectivity index (χ3v) is 5.10. The number of carbonyl (C=O) groups excluding carboxylic acids is 2. The number of rotatable bonds is 6. The summed E-state index contributed by atoms with van der Waals surface area (Å²) in [6, 6.07) is 9.85. The van der Waals surface area contributed by atoms with Crippen LogP contribution in [0, 0.1) is 11.7 Å². The van der Waals surface area contributed by atoms with Gasteiger partial charge in [0.05, 0.1) is 17.3 Å². The predicted octanol–water partition coefficient (Wildman–Crippen LogP) is 3.84. The molecular weight excluding hydrogens is 381 g/mol. The fourth-order valence-electron chi connectivity index (χ4n) is 2.63. The minimum absolute atomic E-state index is 0.154. The second-order valence-corrected chi connectivity index (χ2v) is 7.57. The molecule has 1 aromatic heterocycles. The van der Waals surface area contributed by atoms with E-state index in [2.05, 4.69) is 15.6 Å². The van der Waals surface area contributed by atoms with Crippen LogP contribution in [0.5, 0.6) is 5.75 Å². The average molecular weight is 401 g/mol. The number of hydrogen-bond acceptors (Lipinski definition) is 5. The number of carbonyl (C=O) groups is 2. The standard InChI is InChI=1S/C20H20FN3O3S/c1-11(2)17(23-18(25)12-4-6-13(21)7-5-12)19(26)24-20-22-15-9-8-14(27-3)10-16(15)28-20/h4-11,17H,1-3H3,(H,23,25)(H,22,24,26)/t17-/m0/s1. The summed E-state index contributed by atoms with van der Waals surface area (Å²) in [4.78, 5) is 29.5. The maximum atomic E-state index is 13.0. The van der Waals surface area contributed by atoms with Crippen LogP contribution >= 0.6 is 11.3 Å². The van der Waals surface area contributed by atoms with Crippen molar-refractivity contribution in [1.82, 2.24) is 10.3 Å². The lowest BCUT2D eigenvalue weighted by Gasteiger charge is -2.21. The van der Waals surface area contributed by atoms with E-state index < -0.39 is 17.8 Å². The number of nitrogens with one attached hydrogen (secondary N) is 2. The summed E-state index contributed by atoms with van der Waals surface area (Å²) in [6.45, 7) is 3.66. The van der Waals surface area contributed by atoms with Gasteiger partial charge in [-0.1, -0.05) is 25.2 Å². The first-order chi connectivity index (χ1) is 13.4. The minimum Gasteiger partial charge on any atom is -0.497 e. The Morgan fingerprint density at radius 1 is 1.14 bits per heavy atom. The zero-order chi connectivity index (χ0) is 20.3. The topological polar surface area (TPSA) is 80.3 Å². The Kier molecular flexibility index (Phi) is 5.89. The molecule has 0 spiro atoms. The summed E-state index contributed by atoms with van der Waals surface area (Å²) in [5, 5.41) is 5.92. The number of nitrogens with zero attached hydrogens (tertiary/aromatic N) is 1. The van der Waals surface area contributed by atoms with Crippen molar-refractivity contribution >= 4 is 38.5 Å². The Hall–Kier alpha value is -3.00. The van der Waals surface area contributed by atoms with Gasteiger partial charge in [-0.2, -0.15) is 0 Å². The van der Waals surface area contributed by atoms with Crippen molar-refractivity contribution in [2.75, 3.05) is 12.4 Å². The highest BCUT2D eigenvalue weighted by molar-refractivity contribution is 7.22. The van der Waals surface area contributed by atoms with Crippen molar-refractivity contribution in [3.8, 4) is 5.75 Å². The molecule has 1 atom stereocenters. The van der Waals surface area contributed by atoms with E-state index in [1.54, 1.807) is 13.2 Å². The maximum absolute atomic E-state index is 13.0. The molecule has 2 aromatic carbocycles. The highest BCUT2D eigenvalue weighted by Gasteiger charge is 2.25. The molecule has 0 unspecified atom stereocenters. The molecule has 2 amide bonds. The maximum Gasteiger partial charge on any atom is 0.251 e. The number of halogens is 1. The van der Waals surface area contributed by atoms with E-state index in [0.29, 0.717) is 10.9 Å². The van der Waals surface area contributed by atoms with Gasteiger partial charge < -0.3 is 15.4 Å². The number of aromatic nitrogens is 1. The van der Waals surface area contributed by atoms with Gasteiger partial charge in [0.2, 0.25) is 5.91 Å². The smallest absolute Gasteiger partial charge is 0.251 e. The Morgan fingerprint density at radius 3 is 2.50 bits per heavy atom. The molecule has 0 aliphatic heterocycles. The first-order valence-electron chi connectivity index (χ1n) is 8.69. The van der Waals surface area contributed by atoms with E-state index in [0.717, 1.165) is 10.2 Å². The zero-order valence-corrected chi connectivity index (χ0v) is 16.5. The molecule has 0 saturated heterocycles. The second kappa shape index (κ2) is 8.35. The first kappa shape index (κ1) is 19.8. The van der Waals surface area contributed by atoms with E-state index in [1.807, 2.05) is 26.0 Å². The van der Waals surface area contributed by atoms with Gasteiger partial charge in [0.25, 0.3) is 5.91 Å². The van der Waals surface area contributed by atoms with Crippen LogP contribution in [0.3, 0.4) is 0 Å². The number of hydrogen-bond donors (Lipinski definition) is 2. The van der Waals surface area contributed by atoms with Crippen LogP contribution in [0.4, 0.5) is 9.52 Å². The van der Waals surface area contributed by atoms with E-state index in [9.17, 15) is 14.0 Å². The molecule has 8 heteroatoms. The van der Waals surface area contributed by atoms with Gasteiger partial charge in [-0.25, -0.2) is 9.37 Å². The lowest BCUT2D eigenvalue weighted by atomic mass is 10.0. The molecule has 3 aromatic rings. The molecule has 28 heavy (non-hydrogen) atoms. The number of ether oxygens (including phenoxy) is 1. The molecule has 0 aliphatic carbocycles. The highest BCUT2D eigenvalue weighted by atomic mass is 32.1. The molecule has 2 N–H and O–H groups in total. The van der Waals surface area contributed by atoms with Crippen LogP contribution in [-0.4, -0.2) is 29.9 Å². The summed E-state index contributed by atoms with van der Waals surface area (Å²) in [5.74, 6) is -0.680. The molecule has 0 fully saturated rings. The zero-order valence-electron chi connectivity index (χ0n) is 15.7. The molecule has 0 saturated carbocycles. The molecule has 0 radical (unpaired) electrons. The Balaban J connectivity index is 1.74. The van der Waals surface area contributed by atoms with E-state index in [1.165, 1.54) is 35.6 Å². The first-order valence-corrected chi connectivity index (χ1v) is 9.51. The number of methoxy groups -OCH3 is 1. The Bertz CT molecular complexity index is 1000. The van der Waals surface area contributed by atoms with Gasteiger partial charge >= 0.3 is 0 Å². The van der Waals surface area contributed by atoms with Crippen molar-refractivity contribution in [1.29, 1.82) is 0 Å². The largest absolute Gasteiger partial charge is 0.497 e. The summed E-state index contributed by atoms with van der Waals surface area (Å²) >= 11 is 1.32. The molecule has 1 heterocycles. The van der Waals surface area contributed by atoms with Crippen LogP contribution in [-0.2, 0) is 4.79 Å². The quantitative estimate of drug-likeness (QED) is 0.658. The summed E-state index contributed by atoms with van der Waals surface area (Å²) in [5.41, 5.74) is 1.03. The molecule has 3 rings (SSSR count). The summed E-state index contributed by atoms with van der Waals surface area (Å²) < 4.78 is 19.1. The van der Waals surface area contributed by atoms with Gasteiger partial charge in [0.1, 0.15) is 17.6 Å².